The topological polar surface area (TPSA) is 104 Å². The van der Waals surface area contributed by atoms with Gasteiger partial charge in [0.25, 0.3) is 0 Å². The molecule has 4 rings (SSSR count). The van der Waals surface area contributed by atoms with Gasteiger partial charge in [0.15, 0.2) is 18.1 Å². The molecule has 34 heavy (non-hydrogen) atoms. The molecule has 3 aromatic rings. The van der Waals surface area contributed by atoms with Crippen molar-refractivity contribution in [3.8, 4) is 29.1 Å². The third-order valence-corrected chi connectivity index (χ3v) is 5.67. The molecule has 0 amide bonds. The first kappa shape index (κ1) is 23.3. The van der Waals surface area contributed by atoms with Crippen LogP contribution < -0.4 is 24.7 Å². The molecule has 0 aliphatic carbocycles. The SMILES string of the molecule is COc1ccccc1OCC(=O)Oc1ccc2c(c1)OC(N)=C(C#N)C2c1ccc(Cl)cc1Cl. The standard InChI is InChI=1S/C25H18Cl2N2O5/c1-31-20-4-2-3-5-21(20)32-13-23(30)33-15-7-9-17-22(11-15)34-25(29)18(12-28)24(17)16-8-6-14(26)10-19(16)27/h2-11,24H,13,29H2,1H3. The van der Waals surface area contributed by atoms with Crippen molar-refractivity contribution in [3.63, 3.8) is 0 Å². The number of ether oxygens (including phenoxy) is 4. The molecule has 1 aliphatic rings. The summed E-state index contributed by atoms with van der Waals surface area (Å²) >= 11 is 12.4. The molecule has 0 saturated heterocycles. The predicted molar refractivity (Wildman–Crippen MR) is 126 cm³/mol. The van der Waals surface area contributed by atoms with Crippen LogP contribution in [0, 0.1) is 11.3 Å². The molecule has 172 valence electrons. The number of hydrogen-bond acceptors (Lipinski definition) is 7. The van der Waals surface area contributed by atoms with Crippen LogP contribution in [-0.4, -0.2) is 19.7 Å². The molecule has 2 N–H and O–H groups in total. The summed E-state index contributed by atoms with van der Waals surface area (Å²) in [4.78, 5) is 12.3. The molecule has 0 spiro atoms. The number of benzene rings is 3. The summed E-state index contributed by atoms with van der Waals surface area (Å²) in [6, 6.07) is 18.9. The van der Waals surface area contributed by atoms with Gasteiger partial charge in [-0.05, 0) is 35.9 Å². The maximum absolute atomic E-state index is 12.3. The van der Waals surface area contributed by atoms with E-state index in [0.717, 1.165) is 0 Å². The lowest BCUT2D eigenvalue weighted by Crippen LogP contribution is -2.22. The maximum atomic E-state index is 12.3. The van der Waals surface area contributed by atoms with E-state index < -0.39 is 11.9 Å². The van der Waals surface area contributed by atoms with Gasteiger partial charge in [0.2, 0.25) is 5.88 Å². The Kier molecular flexibility index (Phi) is 6.82. The predicted octanol–water partition coefficient (Wildman–Crippen LogP) is 5.20. The first-order chi connectivity index (χ1) is 16.4. The minimum absolute atomic E-state index is 0.0611. The van der Waals surface area contributed by atoms with E-state index in [1.807, 2.05) is 0 Å². The molecule has 3 aromatic carbocycles. The third kappa shape index (κ3) is 4.74. The summed E-state index contributed by atoms with van der Waals surface area (Å²) in [5.74, 6) is 0.219. The number of carbonyl (C=O) groups is 1. The number of methoxy groups -OCH3 is 1. The summed E-state index contributed by atoms with van der Waals surface area (Å²) in [5, 5.41) is 10.5. The van der Waals surface area contributed by atoms with Gasteiger partial charge in [-0.3, -0.25) is 0 Å². The zero-order valence-electron chi connectivity index (χ0n) is 17.9. The Labute approximate surface area is 205 Å². The lowest BCUT2D eigenvalue weighted by molar-refractivity contribution is -0.136. The monoisotopic (exact) mass is 496 g/mol. The normalized spacial score (nSPS) is 14.5. The minimum Gasteiger partial charge on any atom is -0.493 e. The van der Waals surface area contributed by atoms with Gasteiger partial charge in [0, 0.05) is 21.7 Å². The molecule has 0 radical (unpaired) electrons. The van der Waals surface area contributed by atoms with E-state index in [2.05, 4.69) is 6.07 Å². The van der Waals surface area contributed by atoms with Crippen LogP contribution in [0.4, 0.5) is 0 Å². The molecule has 7 nitrogen and oxygen atoms in total. The van der Waals surface area contributed by atoms with Crippen molar-refractivity contribution < 1.29 is 23.7 Å². The number of rotatable bonds is 6. The number of esters is 1. The molecule has 1 atom stereocenters. The highest BCUT2D eigenvalue weighted by atomic mass is 35.5. The molecule has 9 heteroatoms. The zero-order chi connectivity index (χ0) is 24.2. The average Bonchev–Trinajstić information content (AvgIpc) is 2.82. The number of halogens is 2. The Morgan fingerprint density at radius 2 is 1.82 bits per heavy atom. The molecular formula is C25H18Cl2N2O5. The number of para-hydroxylation sites is 2. The van der Waals surface area contributed by atoms with Crippen molar-refractivity contribution in [2.24, 2.45) is 5.73 Å². The van der Waals surface area contributed by atoms with Crippen LogP contribution in [0.1, 0.15) is 17.0 Å². The Morgan fingerprint density at radius 1 is 1.09 bits per heavy atom. The largest absolute Gasteiger partial charge is 0.493 e. The first-order valence-electron chi connectivity index (χ1n) is 10.0. The van der Waals surface area contributed by atoms with Gasteiger partial charge < -0.3 is 24.7 Å². The van der Waals surface area contributed by atoms with Crippen molar-refractivity contribution in [1.82, 2.24) is 0 Å². The Bertz CT molecular complexity index is 1330. The van der Waals surface area contributed by atoms with Crippen LogP contribution in [0.25, 0.3) is 0 Å². The lowest BCUT2D eigenvalue weighted by atomic mass is 9.83. The van der Waals surface area contributed by atoms with Gasteiger partial charge in [0.05, 0.1) is 13.0 Å². The lowest BCUT2D eigenvalue weighted by Gasteiger charge is -2.27. The van der Waals surface area contributed by atoms with E-state index >= 15 is 0 Å². The minimum atomic E-state index is -0.625. The summed E-state index contributed by atoms with van der Waals surface area (Å²) in [6.45, 7) is -0.331. The van der Waals surface area contributed by atoms with Gasteiger partial charge >= 0.3 is 5.97 Å². The van der Waals surface area contributed by atoms with Crippen molar-refractivity contribution >= 4 is 29.2 Å². The van der Waals surface area contributed by atoms with Gasteiger partial charge in [0.1, 0.15) is 23.1 Å². The number of nitrogens with zero attached hydrogens (tertiary/aromatic N) is 1. The number of carbonyl (C=O) groups excluding carboxylic acids is 1. The van der Waals surface area contributed by atoms with E-state index in [4.69, 9.17) is 47.9 Å². The fourth-order valence-corrected chi connectivity index (χ4v) is 4.11. The molecule has 0 aromatic heterocycles. The number of fused-ring (bicyclic) bond motifs is 1. The van der Waals surface area contributed by atoms with Crippen LogP contribution in [0.3, 0.4) is 0 Å². The Balaban J connectivity index is 1.57. The quantitative estimate of drug-likeness (QED) is 0.369. The maximum Gasteiger partial charge on any atom is 0.349 e. The number of nitrogens with two attached hydrogens (primary N) is 1. The number of hydrogen-bond donors (Lipinski definition) is 1. The molecule has 0 bridgehead atoms. The Hall–Kier alpha value is -3.86. The number of allylic oxidation sites excluding steroid dienone is 1. The van der Waals surface area contributed by atoms with E-state index in [0.29, 0.717) is 38.4 Å². The molecule has 1 aliphatic heterocycles. The number of nitriles is 1. The summed E-state index contributed by atoms with van der Waals surface area (Å²) in [7, 11) is 1.51. The van der Waals surface area contributed by atoms with E-state index in [1.54, 1.807) is 54.6 Å². The summed E-state index contributed by atoms with van der Waals surface area (Å²) < 4.78 is 21.7. The highest BCUT2D eigenvalue weighted by molar-refractivity contribution is 6.35. The third-order valence-electron chi connectivity index (χ3n) is 5.11. The van der Waals surface area contributed by atoms with E-state index in [9.17, 15) is 10.1 Å². The molecular weight excluding hydrogens is 479 g/mol. The zero-order valence-corrected chi connectivity index (χ0v) is 19.4. The van der Waals surface area contributed by atoms with E-state index in [-0.39, 0.29) is 23.8 Å². The van der Waals surface area contributed by atoms with Crippen LogP contribution in [-0.2, 0) is 4.79 Å². The highest BCUT2D eigenvalue weighted by Crippen LogP contribution is 2.45. The molecule has 1 unspecified atom stereocenters. The smallest absolute Gasteiger partial charge is 0.349 e. The van der Waals surface area contributed by atoms with Crippen molar-refractivity contribution in [2.45, 2.75) is 5.92 Å². The summed E-state index contributed by atoms with van der Waals surface area (Å²) in [5.41, 5.74) is 7.53. The second kappa shape index (κ2) is 9.96. The molecule has 1 heterocycles. The van der Waals surface area contributed by atoms with Gasteiger partial charge in [-0.15, -0.1) is 0 Å². The van der Waals surface area contributed by atoms with Crippen molar-refractivity contribution in [1.29, 1.82) is 5.26 Å². The van der Waals surface area contributed by atoms with Crippen LogP contribution in [0.15, 0.2) is 72.1 Å². The first-order valence-corrected chi connectivity index (χ1v) is 10.8. The molecule has 0 saturated carbocycles. The average molecular weight is 497 g/mol. The van der Waals surface area contributed by atoms with Crippen LogP contribution in [0.2, 0.25) is 10.0 Å². The van der Waals surface area contributed by atoms with Crippen molar-refractivity contribution in [2.75, 3.05) is 13.7 Å². The summed E-state index contributed by atoms with van der Waals surface area (Å²) in [6.07, 6.45) is 0. The van der Waals surface area contributed by atoms with E-state index in [1.165, 1.54) is 13.2 Å². The fraction of sp³-hybridized carbons (Fsp3) is 0.120. The fourth-order valence-electron chi connectivity index (χ4n) is 3.59. The van der Waals surface area contributed by atoms with Gasteiger partial charge in [-0.2, -0.15) is 5.26 Å². The van der Waals surface area contributed by atoms with Crippen molar-refractivity contribution in [3.05, 3.63) is 93.3 Å². The van der Waals surface area contributed by atoms with Crippen LogP contribution in [0.5, 0.6) is 23.0 Å². The Morgan fingerprint density at radius 3 is 2.53 bits per heavy atom. The highest BCUT2D eigenvalue weighted by Gasteiger charge is 2.32. The molecule has 0 fully saturated rings. The van der Waals surface area contributed by atoms with Gasteiger partial charge in [-0.25, -0.2) is 4.79 Å². The second-order valence-corrected chi connectivity index (χ2v) is 8.05. The van der Waals surface area contributed by atoms with Crippen LogP contribution >= 0.6 is 23.2 Å². The van der Waals surface area contributed by atoms with Gasteiger partial charge in [-0.1, -0.05) is 47.5 Å². The second-order valence-electron chi connectivity index (χ2n) is 7.20.